The summed E-state index contributed by atoms with van der Waals surface area (Å²) in [5.41, 5.74) is 2.54. The van der Waals surface area contributed by atoms with Gasteiger partial charge in [0.1, 0.15) is 0 Å². The van der Waals surface area contributed by atoms with Crippen LogP contribution in [0.25, 0.3) is 0 Å². The second-order valence-corrected chi connectivity index (χ2v) is 8.93. The lowest BCUT2D eigenvalue weighted by atomic mass is 9.96. The van der Waals surface area contributed by atoms with E-state index in [0.717, 1.165) is 24.6 Å². The van der Waals surface area contributed by atoms with Gasteiger partial charge in [-0.3, -0.25) is 0 Å². The number of hydrogen-bond acceptors (Lipinski definition) is 3. The van der Waals surface area contributed by atoms with Crippen molar-refractivity contribution >= 4 is 16.0 Å². The lowest BCUT2D eigenvalue weighted by molar-refractivity contribution is 0.588. The van der Waals surface area contributed by atoms with Crippen molar-refractivity contribution in [1.82, 2.24) is 15.4 Å². The minimum Gasteiger partial charge on any atom is -0.357 e. The third-order valence-electron chi connectivity index (χ3n) is 5.10. The summed E-state index contributed by atoms with van der Waals surface area (Å²) in [6.07, 6.45) is 2.37. The zero-order chi connectivity index (χ0) is 20.0. The number of rotatable bonds is 8. The van der Waals surface area contributed by atoms with E-state index in [2.05, 4.69) is 44.6 Å². The first-order valence-corrected chi connectivity index (χ1v) is 11.1. The quantitative estimate of drug-likeness (QED) is 0.469. The molecule has 3 rings (SSSR count). The lowest BCUT2D eigenvalue weighted by Gasteiger charge is -2.19. The third-order valence-corrected chi connectivity index (χ3v) is 6.53. The number of hydrogen-bond donors (Lipinski definition) is 3. The molecule has 0 radical (unpaired) electrons. The topological polar surface area (TPSA) is 82.6 Å². The first-order chi connectivity index (χ1) is 13.5. The maximum Gasteiger partial charge on any atom is 0.240 e. The second-order valence-electron chi connectivity index (χ2n) is 7.05. The largest absolute Gasteiger partial charge is 0.357 e. The van der Waals surface area contributed by atoms with Crippen LogP contribution in [0.3, 0.4) is 0 Å². The lowest BCUT2D eigenvalue weighted by Crippen LogP contribution is -2.41. The van der Waals surface area contributed by atoms with Crippen LogP contribution in [0.4, 0.5) is 0 Å². The van der Waals surface area contributed by atoms with Crippen molar-refractivity contribution in [3.05, 3.63) is 65.7 Å². The monoisotopic (exact) mass is 400 g/mol. The van der Waals surface area contributed by atoms with Crippen molar-refractivity contribution in [2.24, 2.45) is 4.99 Å². The van der Waals surface area contributed by atoms with Gasteiger partial charge in [-0.05, 0) is 50.1 Å². The molecule has 1 aliphatic carbocycles. The zero-order valence-electron chi connectivity index (χ0n) is 16.4. The van der Waals surface area contributed by atoms with E-state index in [9.17, 15) is 8.42 Å². The Morgan fingerprint density at radius 1 is 1.04 bits per heavy atom. The van der Waals surface area contributed by atoms with E-state index in [1.807, 2.05) is 13.0 Å². The van der Waals surface area contributed by atoms with Crippen LogP contribution in [0, 0.1) is 0 Å². The van der Waals surface area contributed by atoms with Crippen molar-refractivity contribution < 1.29 is 8.42 Å². The van der Waals surface area contributed by atoms with Crippen LogP contribution in [0.15, 0.2) is 64.5 Å². The van der Waals surface area contributed by atoms with Gasteiger partial charge >= 0.3 is 0 Å². The molecule has 1 saturated carbocycles. The molecule has 2 aromatic rings. The Labute approximate surface area is 167 Å². The number of nitrogens with zero attached hydrogens (tertiary/aromatic N) is 1. The average Bonchev–Trinajstić information content (AvgIpc) is 3.52. The number of sulfonamides is 1. The van der Waals surface area contributed by atoms with Gasteiger partial charge in [-0.15, -0.1) is 0 Å². The molecular weight excluding hydrogens is 372 g/mol. The summed E-state index contributed by atoms with van der Waals surface area (Å²) < 4.78 is 25.9. The maximum absolute atomic E-state index is 11.8. The molecule has 0 aromatic heterocycles. The van der Waals surface area contributed by atoms with Gasteiger partial charge in [0, 0.05) is 18.5 Å². The van der Waals surface area contributed by atoms with Gasteiger partial charge in [0.2, 0.25) is 10.0 Å². The summed E-state index contributed by atoms with van der Waals surface area (Å²) in [6.45, 7) is 4.15. The number of aliphatic imine (C=N–C) groups is 1. The Morgan fingerprint density at radius 3 is 2.29 bits per heavy atom. The highest BCUT2D eigenvalue weighted by atomic mass is 32.2. The molecule has 0 heterocycles. The smallest absolute Gasteiger partial charge is 0.240 e. The van der Waals surface area contributed by atoms with Gasteiger partial charge in [0.25, 0.3) is 0 Å². The van der Waals surface area contributed by atoms with Crippen molar-refractivity contribution in [2.45, 2.75) is 36.6 Å². The highest BCUT2D eigenvalue weighted by Gasteiger charge is 2.43. The van der Waals surface area contributed by atoms with E-state index in [1.165, 1.54) is 25.5 Å². The molecule has 6 nitrogen and oxygen atoms in total. The summed E-state index contributed by atoms with van der Waals surface area (Å²) >= 11 is 0. The molecule has 28 heavy (non-hydrogen) atoms. The molecule has 1 fully saturated rings. The Hall–Kier alpha value is -2.38. The molecule has 3 N–H and O–H groups in total. The number of benzene rings is 2. The second kappa shape index (κ2) is 8.75. The molecule has 0 aliphatic heterocycles. The van der Waals surface area contributed by atoms with Gasteiger partial charge in [0.15, 0.2) is 5.96 Å². The van der Waals surface area contributed by atoms with Gasteiger partial charge in [-0.25, -0.2) is 18.1 Å². The first-order valence-electron chi connectivity index (χ1n) is 9.59. The molecule has 0 atom stereocenters. The first kappa shape index (κ1) is 20.4. The van der Waals surface area contributed by atoms with E-state index in [-0.39, 0.29) is 10.3 Å². The van der Waals surface area contributed by atoms with Crippen molar-refractivity contribution in [3.63, 3.8) is 0 Å². The highest BCUT2D eigenvalue weighted by Crippen LogP contribution is 2.47. The Balaban J connectivity index is 1.63. The molecule has 7 heteroatoms. The molecule has 0 bridgehead atoms. The molecule has 1 aliphatic rings. The van der Waals surface area contributed by atoms with Crippen molar-refractivity contribution in [3.8, 4) is 0 Å². The standard InChI is InChI=1S/C21H28N4O2S/c1-3-23-20(25-16-21(13-14-21)18-7-5-4-6-8-18)24-15-17-9-11-19(12-10-17)28(26,27)22-2/h4-12,22H,3,13-16H2,1-2H3,(H2,23,24,25). The minimum atomic E-state index is -3.41. The fourth-order valence-electron chi connectivity index (χ4n) is 3.17. The molecule has 0 spiro atoms. The SMILES string of the molecule is CCNC(=NCc1ccc(S(=O)(=O)NC)cc1)NCC1(c2ccccc2)CC1. The summed E-state index contributed by atoms with van der Waals surface area (Å²) in [5, 5.41) is 6.75. The van der Waals surface area contributed by atoms with E-state index < -0.39 is 10.0 Å². The minimum absolute atomic E-state index is 0.209. The van der Waals surface area contributed by atoms with Crippen LogP contribution < -0.4 is 15.4 Å². The average molecular weight is 401 g/mol. The van der Waals surface area contributed by atoms with E-state index in [0.29, 0.717) is 6.54 Å². The van der Waals surface area contributed by atoms with Crippen molar-refractivity contribution in [2.75, 3.05) is 20.1 Å². The third kappa shape index (κ3) is 4.91. The molecule has 150 valence electrons. The molecule has 0 saturated heterocycles. The van der Waals surface area contributed by atoms with Crippen LogP contribution in [-0.4, -0.2) is 34.5 Å². The van der Waals surface area contributed by atoms with Crippen LogP contribution in [0.5, 0.6) is 0 Å². The summed E-state index contributed by atoms with van der Waals surface area (Å²) in [7, 11) is -2.00. The van der Waals surface area contributed by atoms with E-state index in [4.69, 9.17) is 0 Å². The molecule has 0 amide bonds. The summed E-state index contributed by atoms with van der Waals surface area (Å²) in [5.74, 6) is 0.775. The molecular formula is C21H28N4O2S. The van der Waals surface area contributed by atoms with E-state index >= 15 is 0 Å². The normalized spacial score (nSPS) is 15.9. The summed E-state index contributed by atoms with van der Waals surface area (Å²) in [4.78, 5) is 4.91. The van der Waals surface area contributed by atoms with Crippen LogP contribution in [-0.2, 0) is 22.0 Å². The fourth-order valence-corrected chi connectivity index (χ4v) is 3.90. The van der Waals surface area contributed by atoms with Gasteiger partial charge in [-0.2, -0.15) is 0 Å². The van der Waals surface area contributed by atoms with Gasteiger partial charge in [-0.1, -0.05) is 42.5 Å². The predicted molar refractivity (Wildman–Crippen MR) is 113 cm³/mol. The molecule has 0 unspecified atom stereocenters. The Kier molecular flexibility index (Phi) is 6.36. The van der Waals surface area contributed by atoms with Crippen LogP contribution in [0.1, 0.15) is 30.9 Å². The highest BCUT2D eigenvalue weighted by molar-refractivity contribution is 7.89. The summed E-state index contributed by atoms with van der Waals surface area (Å²) in [6, 6.07) is 17.4. The van der Waals surface area contributed by atoms with Gasteiger partial charge in [0.05, 0.1) is 11.4 Å². The van der Waals surface area contributed by atoms with Crippen LogP contribution >= 0.6 is 0 Å². The van der Waals surface area contributed by atoms with E-state index in [1.54, 1.807) is 24.3 Å². The predicted octanol–water partition coefficient (Wildman–Crippen LogP) is 2.38. The van der Waals surface area contributed by atoms with Crippen LogP contribution in [0.2, 0.25) is 0 Å². The zero-order valence-corrected chi connectivity index (χ0v) is 17.2. The van der Waals surface area contributed by atoms with Gasteiger partial charge < -0.3 is 10.6 Å². The van der Waals surface area contributed by atoms with Crippen molar-refractivity contribution in [1.29, 1.82) is 0 Å². The Morgan fingerprint density at radius 2 is 1.71 bits per heavy atom. The maximum atomic E-state index is 11.8. The molecule has 2 aromatic carbocycles. The Bertz CT molecular complexity index is 905. The number of nitrogens with one attached hydrogen (secondary N) is 3. The number of guanidine groups is 1. The fraction of sp³-hybridized carbons (Fsp3) is 0.381.